The summed E-state index contributed by atoms with van der Waals surface area (Å²) in [5.74, 6) is 0. The summed E-state index contributed by atoms with van der Waals surface area (Å²) in [4.78, 5) is 0. The maximum absolute atomic E-state index is 11.0. The summed E-state index contributed by atoms with van der Waals surface area (Å²) in [5, 5.41) is 11.0. The van der Waals surface area contributed by atoms with Gasteiger partial charge in [-0.05, 0) is 18.9 Å². The first-order valence-corrected chi connectivity index (χ1v) is 9.64. The normalized spacial score (nSPS) is 15.3. The van der Waals surface area contributed by atoms with Gasteiger partial charge >= 0.3 is 0 Å². The second-order valence-corrected chi connectivity index (χ2v) is 7.01. The number of rotatable bonds is 13. The molecule has 23 heavy (non-hydrogen) atoms. The molecule has 3 N–H and O–H groups in total. The van der Waals surface area contributed by atoms with Crippen LogP contribution < -0.4 is 5.73 Å². The highest BCUT2D eigenvalue weighted by Gasteiger charge is 2.32. The lowest BCUT2D eigenvalue weighted by molar-refractivity contribution is 0.00387. The minimum Gasteiger partial charge on any atom is -0.384 e. The number of aliphatic hydroxyl groups is 1. The van der Waals surface area contributed by atoms with E-state index in [1.54, 1.807) is 0 Å². The highest BCUT2D eigenvalue weighted by atomic mass is 16.3. The first kappa shape index (κ1) is 20.2. The van der Waals surface area contributed by atoms with Crippen molar-refractivity contribution in [1.82, 2.24) is 0 Å². The van der Waals surface area contributed by atoms with Gasteiger partial charge in [-0.25, -0.2) is 0 Å². The summed E-state index contributed by atoms with van der Waals surface area (Å²) in [7, 11) is 0. The topological polar surface area (TPSA) is 46.2 Å². The maximum Gasteiger partial charge on any atom is 0.104 e. The van der Waals surface area contributed by atoms with E-state index in [0.717, 1.165) is 18.4 Å². The molecule has 0 unspecified atom stereocenters. The average molecular weight is 320 g/mol. The quantitative estimate of drug-likeness (QED) is 0.469. The van der Waals surface area contributed by atoms with Crippen LogP contribution in [-0.2, 0) is 5.60 Å². The monoisotopic (exact) mass is 319 g/mol. The predicted octanol–water partition coefficient (Wildman–Crippen LogP) is 5.53. The Bertz CT molecular complexity index is 390. The predicted molar refractivity (Wildman–Crippen MR) is 100 cm³/mol. The fraction of sp³-hybridized carbons (Fsp3) is 0.714. The van der Waals surface area contributed by atoms with E-state index in [4.69, 9.17) is 5.73 Å². The van der Waals surface area contributed by atoms with Crippen LogP contribution in [0, 0.1) is 0 Å². The van der Waals surface area contributed by atoms with Gasteiger partial charge in [0.05, 0.1) is 0 Å². The van der Waals surface area contributed by atoms with Crippen LogP contribution in [0.2, 0.25) is 0 Å². The Morgan fingerprint density at radius 3 is 1.83 bits per heavy atom. The summed E-state index contributed by atoms with van der Waals surface area (Å²) < 4.78 is 0. The Balaban J connectivity index is 2.20. The zero-order valence-electron chi connectivity index (χ0n) is 15.3. The molecule has 0 saturated carbocycles. The molecule has 0 aliphatic heterocycles. The van der Waals surface area contributed by atoms with Crippen molar-refractivity contribution in [3.8, 4) is 0 Å². The molecule has 0 heterocycles. The second-order valence-electron chi connectivity index (χ2n) is 7.01. The molecule has 0 fully saturated rings. The van der Waals surface area contributed by atoms with Gasteiger partial charge in [0, 0.05) is 6.04 Å². The Labute approximate surface area is 143 Å². The number of nitrogens with two attached hydrogens (primary N) is 1. The molecule has 1 rings (SSSR count). The van der Waals surface area contributed by atoms with Crippen LogP contribution in [0.25, 0.3) is 0 Å². The van der Waals surface area contributed by atoms with Gasteiger partial charge < -0.3 is 10.8 Å². The van der Waals surface area contributed by atoms with Crippen LogP contribution >= 0.6 is 0 Å². The fourth-order valence-corrected chi connectivity index (χ4v) is 3.24. The van der Waals surface area contributed by atoms with Gasteiger partial charge in [-0.1, -0.05) is 101 Å². The number of benzene rings is 1. The highest BCUT2D eigenvalue weighted by Crippen LogP contribution is 2.30. The van der Waals surface area contributed by atoms with Crippen molar-refractivity contribution in [3.63, 3.8) is 0 Å². The van der Waals surface area contributed by atoms with Gasteiger partial charge in [0.1, 0.15) is 5.60 Å². The number of hydrogen-bond donors (Lipinski definition) is 2. The molecule has 1 aromatic carbocycles. The van der Waals surface area contributed by atoms with E-state index in [2.05, 4.69) is 6.92 Å². The van der Waals surface area contributed by atoms with Crippen LogP contribution in [-0.4, -0.2) is 11.1 Å². The van der Waals surface area contributed by atoms with Crippen molar-refractivity contribution in [1.29, 1.82) is 0 Å². The van der Waals surface area contributed by atoms with Gasteiger partial charge in [0.2, 0.25) is 0 Å². The molecule has 0 saturated heterocycles. The van der Waals surface area contributed by atoms with E-state index in [1.807, 2.05) is 37.3 Å². The van der Waals surface area contributed by atoms with Crippen molar-refractivity contribution >= 4 is 0 Å². The molecule has 0 bridgehead atoms. The summed E-state index contributed by atoms with van der Waals surface area (Å²) in [5.41, 5.74) is 6.14. The lowest BCUT2D eigenvalue weighted by atomic mass is 9.83. The molecule has 132 valence electrons. The van der Waals surface area contributed by atoms with Crippen LogP contribution in [0.3, 0.4) is 0 Å². The molecular weight excluding hydrogens is 282 g/mol. The van der Waals surface area contributed by atoms with E-state index in [1.165, 1.54) is 57.8 Å². The third-order valence-electron chi connectivity index (χ3n) is 4.94. The molecule has 2 heteroatoms. The van der Waals surface area contributed by atoms with Gasteiger partial charge in [-0.2, -0.15) is 0 Å². The van der Waals surface area contributed by atoms with E-state index in [0.29, 0.717) is 0 Å². The SMILES string of the molecule is CCCCCCCCCCCC[C@](O)(c1ccccc1)[C@@H](C)N. The summed E-state index contributed by atoms with van der Waals surface area (Å²) >= 11 is 0. The van der Waals surface area contributed by atoms with Crippen LogP contribution in [0.5, 0.6) is 0 Å². The molecule has 0 spiro atoms. The molecule has 0 radical (unpaired) electrons. The van der Waals surface area contributed by atoms with E-state index < -0.39 is 5.60 Å². The third kappa shape index (κ3) is 7.50. The van der Waals surface area contributed by atoms with Crippen molar-refractivity contribution in [2.24, 2.45) is 5.73 Å². The molecule has 2 atom stereocenters. The molecule has 0 aliphatic carbocycles. The van der Waals surface area contributed by atoms with E-state index in [9.17, 15) is 5.11 Å². The molecule has 0 amide bonds. The number of unbranched alkanes of at least 4 members (excludes halogenated alkanes) is 9. The summed E-state index contributed by atoms with van der Waals surface area (Å²) in [6, 6.07) is 9.65. The first-order valence-electron chi connectivity index (χ1n) is 9.64. The maximum atomic E-state index is 11.0. The summed E-state index contributed by atoms with van der Waals surface area (Å²) in [6.07, 6.45) is 13.8. The van der Waals surface area contributed by atoms with Crippen molar-refractivity contribution in [2.75, 3.05) is 0 Å². The minimum atomic E-state index is -0.887. The lowest BCUT2D eigenvalue weighted by Crippen LogP contribution is -2.43. The summed E-state index contributed by atoms with van der Waals surface area (Å²) in [6.45, 7) is 4.17. The van der Waals surface area contributed by atoms with Crippen LogP contribution in [0.15, 0.2) is 30.3 Å². The standard InChI is InChI=1S/C21H37NO/c1-3-4-5-6-7-8-9-10-11-15-18-21(23,19(2)22)20-16-13-12-14-17-20/h12-14,16-17,19,23H,3-11,15,18,22H2,1-2H3/t19-,21-/m1/s1. The molecule has 0 aromatic heterocycles. The smallest absolute Gasteiger partial charge is 0.104 e. The third-order valence-corrected chi connectivity index (χ3v) is 4.94. The highest BCUT2D eigenvalue weighted by molar-refractivity contribution is 5.23. The largest absolute Gasteiger partial charge is 0.384 e. The van der Waals surface area contributed by atoms with Gasteiger partial charge in [0.25, 0.3) is 0 Å². The molecule has 2 nitrogen and oxygen atoms in total. The Hall–Kier alpha value is -0.860. The minimum absolute atomic E-state index is 0.247. The van der Waals surface area contributed by atoms with Crippen LogP contribution in [0.1, 0.15) is 90.0 Å². The van der Waals surface area contributed by atoms with Gasteiger partial charge in [-0.15, -0.1) is 0 Å². The number of hydrogen-bond acceptors (Lipinski definition) is 2. The molecule has 0 aliphatic rings. The molecule has 1 aromatic rings. The van der Waals surface area contributed by atoms with Crippen molar-refractivity contribution < 1.29 is 5.11 Å². The zero-order valence-corrected chi connectivity index (χ0v) is 15.3. The van der Waals surface area contributed by atoms with Gasteiger partial charge in [-0.3, -0.25) is 0 Å². The van der Waals surface area contributed by atoms with E-state index in [-0.39, 0.29) is 6.04 Å². The second kappa shape index (κ2) is 11.6. The first-order chi connectivity index (χ1) is 11.1. The van der Waals surface area contributed by atoms with Crippen LogP contribution in [0.4, 0.5) is 0 Å². The lowest BCUT2D eigenvalue weighted by Gasteiger charge is -2.32. The van der Waals surface area contributed by atoms with Gasteiger partial charge in [0.15, 0.2) is 0 Å². The zero-order chi connectivity index (χ0) is 17.0. The van der Waals surface area contributed by atoms with E-state index >= 15 is 0 Å². The fourth-order valence-electron chi connectivity index (χ4n) is 3.24. The Kier molecular flexibility index (Phi) is 10.2. The Morgan fingerprint density at radius 1 is 0.870 bits per heavy atom. The average Bonchev–Trinajstić information content (AvgIpc) is 2.57. The van der Waals surface area contributed by atoms with Crippen molar-refractivity contribution in [3.05, 3.63) is 35.9 Å². The van der Waals surface area contributed by atoms with Crippen molar-refractivity contribution in [2.45, 2.75) is 96.1 Å². The molecular formula is C21H37NO. The Morgan fingerprint density at radius 2 is 1.35 bits per heavy atom.